The van der Waals surface area contributed by atoms with Crippen LogP contribution in [-0.4, -0.2) is 11.9 Å². The zero-order valence-electron chi connectivity index (χ0n) is 11.8. The molecule has 1 heterocycles. The molecule has 21 heavy (non-hydrogen) atoms. The molecule has 0 spiro atoms. The highest BCUT2D eigenvalue weighted by molar-refractivity contribution is 9.10. The lowest BCUT2D eigenvalue weighted by Crippen LogP contribution is -2.13. The van der Waals surface area contributed by atoms with Gasteiger partial charge < -0.3 is 4.74 Å². The van der Waals surface area contributed by atoms with E-state index in [1.165, 1.54) is 17.5 Å². The summed E-state index contributed by atoms with van der Waals surface area (Å²) in [6.07, 6.45) is 2.27. The minimum absolute atomic E-state index is 0.527. The van der Waals surface area contributed by atoms with E-state index in [-0.39, 0.29) is 0 Å². The second-order valence-electron chi connectivity index (χ2n) is 5.63. The van der Waals surface area contributed by atoms with Gasteiger partial charge in [-0.15, -0.1) is 0 Å². The maximum Gasteiger partial charge on any atom is 0.122 e. The summed E-state index contributed by atoms with van der Waals surface area (Å²) in [5.41, 5.74) is 2.77. The van der Waals surface area contributed by atoms with Gasteiger partial charge in [-0.3, -0.25) is 0 Å². The molecular weight excluding hydrogens is 392 g/mol. The molecule has 0 saturated heterocycles. The molecule has 2 aromatic rings. The van der Waals surface area contributed by atoms with Crippen LogP contribution in [0.25, 0.3) is 0 Å². The van der Waals surface area contributed by atoms with Gasteiger partial charge in [-0.1, -0.05) is 62.2 Å². The molecule has 2 aromatic carbocycles. The first-order chi connectivity index (χ1) is 10.3. The SMILES string of the molecule is BrCC(Cc1ccc(Br)cc1)CC1COc2ccccc21. The van der Waals surface area contributed by atoms with Crippen molar-refractivity contribution in [3.8, 4) is 5.75 Å². The van der Waals surface area contributed by atoms with E-state index in [0.29, 0.717) is 11.8 Å². The number of ether oxygens (including phenoxy) is 1. The number of benzene rings is 2. The first-order valence-corrected chi connectivity index (χ1v) is 9.20. The fraction of sp³-hybridized carbons (Fsp3) is 0.333. The molecule has 0 bridgehead atoms. The second kappa shape index (κ2) is 6.97. The molecule has 0 fully saturated rings. The lowest BCUT2D eigenvalue weighted by molar-refractivity contribution is 0.311. The fourth-order valence-electron chi connectivity index (χ4n) is 2.98. The smallest absolute Gasteiger partial charge is 0.122 e. The van der Waals surface area contributed by atoms with Crippen molar-refractivity contribution < 1.29 is 4.74 Å². The van der Waals surface area contributed by atoms with E-state index in [0.717, 1.165) is 28.6 Å². The molecule has 0 saturated carbocycles. The Morgan fingerprint density at radius 1 is 1.10 bits per heavy atom. The van der Waals surface area contributed by atoms with Crippen LogP contribution in [0.5, 0.6) is 5.75 Å². The third-order valence-corrected chi connectivity index (χ3v) is 5.52. The summed E-state index contributed by atoms with van der Waals surface area (Å²) in [7, 11) is 0. The molecule has 1 aliphatic heterocycles. The van der Waals surface area contributed by atoms with Crippen molar-refractivity contribution in [3.63, 3.8) is 0 Å². The Bertz CT molecular complexity index is 594. The topological polar surface area (TPSA) is 9.23 Å². The van der Waals surface area contributed by atoms with Crippen LogP contribution < -0.4 is 4.74 Å². The fourth-order valence-corrected chi connectivity index (χ4v) is 3.74. The largest absolute Gasteiger partial charge is 0.493 e. The molecule has 1 nitrogen and oxygen atoms in total. The molecule has 0 aromatic heterocycles. The first-order valence-electron chi connectivity index (χ1n) is 7.28. The van der Waals surface area contributed by atoms with Crippen molar-refractivity contribution in [1.29, 1.82) is 0 Å². The van der Waals surface area contributed by atoms with E-state index >= 15 is 0 Å². The maximum atomic E-state index is 5.80. The van der Waals surface area contributed by atoms with E-state index in [1.807, 2.05) is 6.07 Å². The summed E-state index contributed by atoms with van der Waals surface area (Å²) in [6, 6.07) is 17.1. The predicted octanol–water partition coefficient (Wildman–Crippen LogP) is 5.57. The molecule has 0 radical (unpaired) electrons. The van der Waals surface area contributed by atoms with Crippen molar-refractivity contribution in [2.24, 2.45) is 5.92 Å². The number of para-hydroxylation sites is 1. The third-order valence-electron chi connectivity index (χ3n) is 4.07. The first kappa shape index (κ1) is 15.1. The monoisotopic (exact) mass is 408 g/mol. The van der Waals surface area contributed by atoms with Crippen LogP contribution in [0.3, 0.4) is 0 Å². The second-order valence-corrected chi connectivity index (χ2v) is 7.20. The minimum Gasteiger partial charge on any atom is -0.493 e. The van der Waals surface area contributed by atoms with E-state index < -0.39 is 0 Å². The number of alkyl halides is 1. The van der Waals surface area contributed by atoms with Gasteiger partial charge in [0.2, 0.25) is 0 Å². The summed E-state index contributed by atoms with van der Waals surface area (Å²) in [5.74, 6) is 2.23. The number of halogens is 2. The molecular formula is C18H18Br2O. The third kappa shape index (κ3) is 3.70. The zero-order valence-corrected chi connectivity index (χ0v) is 14.9. The number of hydrogen-bond donors (Lipinski definition) is 0. The van der Waals surface area contributed by atoms with Gasteiger partial charge >= 0.3 is 0 Å². The normalized spacial score (nSPS) is 18.1. The van der Waals surface area contributed by atoms with Crippen molar-refractivity contribution in [2.45, 2.75) is 18.8 Å². The molecule has 2 unspecified atom stereocenters. The Hall–Kier alpha value is -0.800. The van der Waals surface area contributed by atoms with Gasteiger partial charge in [-0.25, -0.2) is 0 Å². The van der Waals surface area contributed by atoms with Crippen molar-refractivity contribution >= 4 is 31.9 Å². The van der Waals surface area contributed by atoms with Crippen LogP contribution in [0.1, 0.15) is 23.5 Å². The molecule has 0 N–H and O–H groups in total. The number of hydrogen-bond acceptors (Lipinski definition) is 1. The van der Waals surface area contributed by atoms with Crippen LogP contribution >= 0.6 is 31.9 Å². The molecule has 0 aliphatic carbocycles. The van der Waals surface area contributed by atoms with E-state index in [1.54, 1.807) is 0 Å². The minimum atomic E-state index is 0.527. The van der Waals surface area contributed by atoms with Crippen molar-refractivity contribution in [1.82, 2.24) is 0 Å². The molecule has 3 heteroatoms. The molecule has 3 rings (SSSR count). The zero-order chi connectivity index (χ0) is 14.7. The summed E-state index contributed by atoms with van der Waals surface area (Å²) < 4.78 is 6.94. The summed E-state index contributed by atoms with van der Waals surface area (Å²) in [6.45, 7) is 0.823. The standard InChI is InChI=1S/C18H18Br2O/c19-11-14(9-13-5-7-16(20)8-6-13)10-15-12-21-18-4-2-1-3-17(15)18/h1-8,14-15H,9-12H2. The van der Waals surface area contributed by atoms with Crippen LogP contribution in [-0.2, 0) is 6.42 Å². The summed E-state index contributed by atoms with van der Waals surface area (Å²) in [5, 5.41) is 1.03. The quantitative estimate of drug-likeness (QED) is 0.586. The Kier molecular flexibility index (Phi) is 5.02. The molecule has 110 valence electrons. The lowest BCUT2D eigenvalue weighted by atomic mass is 9.88. The molecule has 2 atom stereocenters. The van der Waals surface area contributed by atoms with Gasteiger partial charge in [-0.2, -0.15) is 0 Å². The highest BCUT2D eigenvalue weighted by atomic mass is 79.9. The van der Waals surface area contributed by atoms with Gasteiger partial charge in [0, 0.05) is 21.3 Å². The average molecular weight is 410 g/mol. The van der Waals surface area contributed by atoms with Gasteiger partial charge in [0.25, 0.3) is 0 Å². The Balaban J connectivity index is 1.67. The summed E-state index contributed by atoms with van der Waals surface area (Å²) in [4.78, 5) is 0. The van der Waals surface area contributed by atoms with Crippen LogP contribution in [0.4, 0.5) is 0 Å². The van der Waals surface area contributed by atoms with Crippen LogP contribution in [0.15, 0.2) is 53.0 Å². The highest BCUT2D eigenvalue weighted by Crippen LogP contribution is 2.38. The van der Waals surface area contributed by atoms with E-state index in [4.69, 9.17) is 4.74 Å². The van der Waals surface area contributed by atoms with Crippen LogP contribution in [0, 0.1) is 5.92 Å². The lowest BCUT2D eigenvalue weighted by Gasteiger charge is -2.18. The number of fused-ring (bicyclic) bond motifs is 1. The molecule has 1 aliphatic rings. The summed E-state index contributed by atoms with van der Waals surface area (Å²) >= 11 is 7.18. The highest BCUT2D eigenvalue weighted by Gasteiger charge is 2.26. The maximum absolute atomic E-state index is 5.80. The average Bonchev–Trinajstić information content (AvgIpc) is 2.92. The van der Waals surface area contributed by atoms with Gasteiger partial charge in [0.05, 0.1) is 6.61 Å². The van der Waals surface area contributed by atoms with Gasteiger partial charge in [-0.05, 0) is 42.5 Å². The predicted molar refractivity (Wildman–Crippen MR) is 94.4 cm³/mol. The van der Waals surface area contributed by atoms with Gasteiger partial charge in [0.15, 0.2) is 0 Å². The van der Waals surface area contributed by atoms with Crippen molar-refractivity contribution in [3.05, 3.63) is 64.1 Å². The Morgan fingerprint density at radius 3 is 2.62 bits per heavy atom. The Labute approximate surface area is 143 Å². The van der Waals surface area contributed by atoms with E-state index in [2.05, 4.69) is 74.3 Å². The Morgan fingerprint density at radius 2 is 1.86 bits per heavy atom. The van der Waals surface area contributed by atoms with Gasteiger partial charge in [0.1, 0.15) is 5.75 Å². The van der Waals surface area contributed by atoms with Crippen LogP contribution in [0.2, 0.25) is 0 Å². The van der Waals surface area contributed by atoms with Crippen molar-refractivity contribution in [2.75, 3.05) is 11.9 Å². The molecule has 0 amide bonds. The number of rotatable bonds is 5. The van der Waals surface area contributed by atoms with E-state index in [9.17, 15) is 0 Å².